The van der Waals surface area contributed by atoms with E-state index >= 15 is 0 Å². The van der Waals surface area contributed by atoms with Crippen LogP contribution in [0.1, 0.15) is 13.3 Å². The second-order valence-corrected chi connectivity index (χ2v) is 3.99. The average Bonchev–Trinajstić information content (AvgIpc) is 2.85. The van der Waals surface area contributed by atoms with Crippen LogP contribution >= 0.6 is 0 Å². The first-order chi connectivity index (χ1) is 7.85. The number of likely N-dealkylation sites (N-methyl/N-ethyl adjacent to an activating group) is 1. The highest BCUT2D eigenvalue weighted by molar-refractivity contribution is 5.42. The molecule has 0 spiro atoms. The van der Waals surface area contributed by atoms with E-state index in [0.717, 1.165) is 31.2 Å². The average molecular weight is 221 g/mol. The maximum absolute atomic E-state index is 5.11. The van der Waals surface area contributed by atoms with Crippen molar-refractivity contribution in [3.8, 4) is 5.75 Å². The van der Waals surface area contributed by atoms with Crippen LogP contribution in [0.3, 0.4) is 0 Å². The lowest BCUT2D eigenvalue weighted by Gasteiger charge is -2.28. The van der Waals surface area contributed by atoms with Crippen LogP contribution in [-0.2, 0) is 0 Å². The van der Waals surface area contributed by atoms with Gasteiger partial charge in [-0.2, -0.15) is 0 Å². The third-order valence-corrected chi connectivity index (χ3v) is 3.07. The van der Waals surface area contributed by atoms with Gasteiger partial charge in [-0.25, -0.2) is 4.98 Å². The van der Waals surface area contributed by atoms with Crippen molar-refractivity contribution >= 4 is 5.82 Å². The van der Waals surface area contributed by atoms with Crippen LogP contribution in [0, 0.1) is 0 Å². The summed E-state index contributed by atoms with van der Waals surface area (Å²) in [6.45, 7) is 5.33. The largest absolute Gasteiger partial charge is 0.495 e. The third kappa shape index (κ3) is 2.27. The molecule has 1 N–H and O–H groups in total. The predicted octanol–water partition coefficient (Wildman–Crippen LogP) is 1.28. The molecule has 16 heavy (non-hydrogen) atoms. The molecule has 88 valence electrons. The van der Waals surface area contributed by atoms with Crippen LogP contribution in [0.2, 0.25) is 0 Å². The highest BCUT2D eigenvalue weighted by atomic mass is 16.5. The molecule has 0 aromatic carbocycles. The number of anilines is 1. The molecule has 1 saturated heterocycles. The van der Waals surface area contributed by atoms with E-state index < -0.39 is 0 Å². The van der Waals surface area contributed by atoms with E-state index in [2.05, 4.69) is 22.1 Å². The second kappa shape index (κ2) is 5.16. The zero-order chi connectivity index (χ0) is 11.4. The Kier molecular flexibility index (Phi) is 3.62. The molecule has 0 radical (unpaired) electrons. The number of rotatable bonds is 4. The molecule has 0 amide bonds. The zero-order valence-corrected chi connectivity index (χ0v) is 9.94. The quantitative estimate of drug-likeness (QED) is 0.831. The van der Waals surface area contributed by atoms with Gasteiger partial charge in [-0.05, 0) is 32.0 Å². The van der Waals surface area contributed by atoms with Crippen molar-refractivity contribution in [3.63, 3.8) is 0 Å². The molecule has 4 nitrogen and oxygen atoms in total. The molecule has 1 unspecified atom stereocenters. The topological polar surface area (TPSA) is 37.4 Å². The van der Waals surface area contributed by atoms with Crippen LogP contribution in [0.4, 0.5) is 5.82 Å². The highest BCUT2D eigenvalue weighted by Crippen LogP contribution is 2.19. The van der Waals surface area contributed by atoms with Crippen LogP contribution in [0.5, 0.6) is 5.75 Å². The number of hydrogen-bond acceptors (Lipinski definition) is 4. The van der Waals surface area contributed by atoms with Gasteiger partial charge in [-0.3, -0.25) is 0 Å². The van der Waals surface area contributed by atoms with E-state index in [9.17, 15) is 0 Å². The van der Waals surface area contributed by atoms with E-state index in [4.69, 9.17) is 4.74 Å². The molecule has 2 rings (SSSR count). The molecule has 1 fully saturated rings. The smallest absolute Gasteiger partial charge is 0.137 e. The van der Waals surface area contributed by atoms with E-state index in [1.807, 2.05) is 12.1 Å². The van der Waals surface area contributed by atoms with Gasteiger partial charge in [0.1, 0.15) is 11.6 Å². The fourth-order valence-electron chi connectivity index (χ4n) is 2.18. The number of nitrogens with one attached hydrogen (secondary N) is 1. The Labute approximate surface area is 96.6 Å². The second-order valence-electron chi connectivity index (χ2n) is 3.99. The van der Waals surface area contributed by atoms with Crippen LogP contribution in [-0.4, -0.2) is 37.8 Å². The van der Waals surface area contributed by atoms with Gasteiger partial charge in [0.2, 0.25) is 0 Å². The summed E-state index contributed by atoms with van der Waals surface area (Å²) < 4.78 is 5.11. The molecule has 0 saturated carbocycles. The number of nitrogens with zero attached hydrogens (tertiary/aromatic N) is 2. The normalized spacial score (nSPS) is 19.8. The van der Waals surface area contributed by atoms with Crippen LogP contribution < -0.4 is 15.0 Å². The summed E-state index contributed by atoms with van der Waals surface area (Å²) in [5, 5.41) is 3.39. The minimum atomic E-state index is 0.575. The summed E-state index contributed by atoms with van der Waals surface area (Å²) in [5.41, 5.74) is 0. The van der Waals surface area contributed by atoms with Gasteiger partial charge in [-0.15, -0.1) is 0 Å². The third-order valence-electron chi connectivity index (χ3n) is 3.07. The molecule has 0 aliphatic carbocycles. The Morgan fingerprint density at radius 1 is 1.56 bits per heavy atom. The summed E-state index contributed by atoms with van der Waals surface area (Å²) in [4.78, 5) is 6.79. The van der Waals surface area contributed by atoms with Crippen molar-refractivity contribution in [1.82, 2.24) is 10.3 Å². The lowest BCUT2D eigenvalue weighted by atomic mass is 10.2. The van der Waals surface area contributed by atoms with Gasteiger partial charge in [-0.1, -0.05) is 0 Å². The van der Waals surface area contributed by atoms with Crippen LogP contribution in [0.25, 0.3) is 0 Å². The van der Waals surface area contributed by atoms with Crippen LogP contribution in [0.15, 0.2) is 18.3 Å². The molecule has 1 atom stereocenters. The predicted molar refractivity (Wildman–Crippen MR) is 65.1 cm³/mol. The van der Waals surface area contributed by atoms with E-state index in [0.29, 0.717) is 6.04 Å². The summed E-state index contributed by atoms with van der Waals surface area (Å²) in [6.07, 6.45) is 2.97. The van der Waals surface area contributed by atoms with E-state index in [1.54, 1.807) is 13.3 Å². The van der Waals surface area contributed by atoms with Gasteiger partial charge in [0.15, 0.2) is 0 Å². The molecule has 1 aromatic rings. The maximum atomic E-state index is 5.11. The number of ether oxygens (including phenoxy) is 1. The minimum absolute atomic E-state index is 0.575. The maximum Gasteiger partial charge on any atom is 0.137 e. The van der Waals surface area contributed by atoms with Gasteiger partial charge in [0.05, 0.1) is 13.3 Å². The summed E-state index contributed by atoms with van der Waals surface area (Å²) >= 11 is 0. The molecule has 2 heterocycles. The molecular formula is C12H19N3O. The Morgan fingerprint density at radius 3 is 2.94 bits per heavy atom. The zero-order valence-electron chi connectivity index (χ0n) is 9.94. The van der Waals surface area contributed by atoms with Gasteiger partial charge >= 0.3 is 0 Å². The summed E-state index contributed by atoms with van der Waals surface area (Å²) in [7, 11) is 1.66. The molecule has 1 aromatic heterocycles. The van der Waals surface area contributed by atoms with E-state index in [-0.39, 0.29) is 0 Å². The Bertz CT molecular complexity index is 320. The minimum Gasteiger partial charge on any atom is -0.495 e. The van der Waals surface area contributed by atoms with Crippen molar-refractivity contribution in [2.24, 2.45) is 0 Å². The monoisotopic (exact) mass is 221 g/mol. The Hall–Kier alpha value is -1.29. The lowest BCUT2D eigenvalue weighted by molar-refractivity contribution is 0.413. The summed E-state index contributed by atoms with van der Waals surface area (Å²) in [6, 6.07) is 4.57. The molecule has 4 heteroatoms. The first-order valence-electron chi connectivity index (χ1n) is 5.82. The van der Waals surface area contributed by atoms with E-state index in [1.165, 1.54) is 6.42 Å². The van der Waals surface area contributed by atoms with Gasteiger partial charge in [0, 0.05) is 19.1 Å². The van der Waals surface area contributed by atoms with Crippen molar-refractivity contribution in [1.29, 1.82) is 0 Å². The Balaban J connectivity index is 2.12. The Morgan fingerprint density at radius 2 is 2.44 bits per heavy atom. The molecule has 0 bridgehead atoms. The standard InChI is InChI=1S/C12H19N3O/c1-3-15(10-6-7-13-8-10)12-5-4-11(16-2)9-14-12/h4-5,9-10,13H,3,6-8H2,1-2H3. The lowest BCUT2D eigenvalue weighted by Crippen LogP contribution is -2.37. The molecular weight excluding hydrogens is 202 g/mol. The first kappa shape index (κ1) is 11.2. The van der Waals surface area contributed by atoms with Crippen molar-refractivity contribution in [2.75, 3.05) is 31.6 Å². The molecule has 1 aliphatic rings. The number of methoxy groups -OCH3 is 1. The van der Waals surface area contributed by atoms with Gasteiger partial charge < -0.3 is 15.0 Å². The number of aromatic nitrogens is 1. The van der Waals surface area contributed by atoms with Crippen molar-refractivity contribution in [3.05, 3.63) is 18.3 Å². The SMILES string of the molecule is CCN(c1ccc(OC)cn1)C1CCNC1. The fraction of sp³-hybridized carbons (Fsp3) is 0.583. The highest BCUT2D eigenvalue weighted by Gasteiger charge is 2.21. The first-order valence-corrected chi connectivity index (χ1v) is 5.82. The number of pyridine rings is 1. The van der Waals surface area contributed by atoms with Crippen molar-refractivity contribution < 1.29 is 4.74 Å². The fourth-order valence-corrected chi connectivity index (χ4v) is 2.18. The van der Waals surface area contributed by atoms with Crippen molar-refractivity contribution in [2.45, 2.75) is 19.4 Å². The number of hydrogen-bond donors (Lipinski definition) is 1. The molecule has 1 aliphatic heterocycles. The summed E-state index contributed by atoms with van der Waals surface area (Å²) in [5.74, 6) is 1.85. The van der Waals surface area contributed by atoms with Gasteiger partial charge in [0.25, 0.3) is 0 Å².